The third-order valence-corrected chi connectivity index (χ3v) is 4.82. The number of hydrogen-bond acceptors (Lipinski definition) is 5. The lowest BCUT2D eigenvalue weighted by Crippen LogP contribution is -3.00. The van der Waals surface area contributed by atoms with Crippen molar-refractivity contribution in [3.63, 3.8) is 0 Å². The van der Waals surface area contributed by atoms with Crippen molar-refractivity contribution < 1.29 is 40.9 Å². The molecule has 28 heavy (non-hydrogen) atoms. The van der Waals surface area contributed by atoms with Gasteiger partial charge in [0.25, 0.3) is 0 Å². The molecule has 2 aromatic carbocycles. The summed E-state index contributed by atoms with van der Waals surface area (Å²) in [6.45, 7) is 0. The minimum absolute atomic E-state index is 0. The van der Waals surface area contributed by atoms with Gasteiger partial charge < -0.3 is 36.5 Å². The van der Waals surface area contributed by atoms with Crippen molar-refractivity contribution in [2.75, 3.05) is 28.4 Å². The van der Waals surface area contributed by atoms with Crippen LogP contribution in [-0.2, 0) is 0 Å². The van der Waals surface area contributed by atoms with Gasteiger partial charge in [-0.25, -0.2) is 0 Å². The number of ether oxygens (including phenoxy) is 4. The lowest BCUT2D eigenvalue weighted by atomic mass is 10.0. The number of pyridine rings is 2. The Morgan fingerprint density at radius 1 is 0.750 bits per heavy atom. The summed E-state index contributed by atoms with van der Waals surface area (Å²) in [6, 6.07) is 9.57. The number of aromatic nitrogens is 1. The number of aromatic hydroxyl groups is 1. The van der Waals surface area contributed by atoms with E-state index in [-0.39, 0.29) is 18.2 Å². The van der Waals surface area contributed by atoms with Gasteiger partial charge in [0.2, 0.25) is 11.3 Å². The van der Waals surface area contributed by atoms with Crippen LogP contribution in [0.4, 0.5) is 0 Å². The van der Waals surface area contributed by atoms with E-state index in [4.69, 9.17) is 18.9 Å². The Balaban J connectivity index is 0.00000225. The molecule has 0 unspecified atom stereocenters. The highest BCUT2D eigenvalue weighted by atomic mass is 35.5. The number of phenols is 1. The highest BCUT2D eigenvalue weighted by molar-refractivity contribution is 6.03. The van der Waals surface area contributed by atoms with E-state index in [1.807, 2.05) is 41.1 Å². The van der Waals surface area contributed by atoms with Gasteiger partial charge in [-0.2, -0.15) is 4.40 Å². The summed E-state index contributed by atoms with van der Waals surface area (Å²) in [4.78, 5) is 0. The monoisotopic (exact) mass is 401 g/mol. The van der Waals surface area contributed by atoms with E-state index in [2.05, 4.69) is 0 Å². The Morgan fingerprint density at radius 2 is 1.46 bits per heavy atom. The van der Waals surface area contributed by atoms with E-state index in [1.54, 1.807) is 27.4 Å². The Bertz CT molecular complexity index is 1190. The molecule has 1 N–H and O–H groups in total. The van der Waals surface area contributed by atoms with Crippen molar-refractivity contribution in [1.82, 2.24) is 0 Å². The average Bonchev–Trinajstić information content (AvgIpc) is 2.71. The van der Waals surface area contributed by atoms with Crippen LogP contribution in [0.2, 0.25) is 0 Å². The highest BCUT2D eigenvalue weighted by Gasteiger charge is 2.21. The lowest BCUT2D eigenvalue weighted by molar-refractivity contribution is -0.509. The van der Waals surface area contributed by atoms with Gasteiger partial charge >= 0.3 is 0 Å². The molecule has 0 saturated heterocycles. The number of phenolic OH excluding ortho intramolecular Hbond substituents is 1. The van der Waals surface area contributed by atoms with E-state index in [0.29, 0.717) is 28.4 Å². The Hall–Kier alpha value is -3.12. The van der Waals surface area contributed by atoms with Crippen molar-refractivity contribution in [2.45, 2.75) is 0 Å². The Labute approximate surface area is 168 Å². The topological polar surface area (TPSA) is 61.3 Å². The van der Waals surface area contributed by atoms with Gasteiger partial charge in [0.15, 0.2) is 35.4 Å². The third kappa shape index (κ3) is 2.77. The molecule has 4 aromatic rings. The minimum atomic E-state index is 0. The largest absolute Gasteiger partial charge is 1.00 e. The summed E-state index contributed by atoms with van der Waals surface area (Å²) in [7, 11) is 6.33. The fourth-order valence-corrected chi connectivity index (χ4v) is 3.51. The van der Waals surface area contributed by atoms with Crippen LogP contribution in [-0.4, -0.2) is 33.5 Å². The van der Waals surface area contributed by atoms with Crippen LogP contribution < -0.4 is 35.8 Å². The van der Waals surface area contributed by atoms with Crippen molar-refractivity contribution in [3.05, 3.63) is 42.7 Å². The van der Waals surface area contributed by atoms with Gasteiger partial charge in [-0.1, -0.05) is 0 Å². The zero-order chi connectivity index (χ0) is 19.1. The molecule has 2 aromatic heterocycles. The van der Waals surface area contributed by atoms with Crippen LogP contribution in [0.25, 0.3) is 27.1 Å². The molecule has 0 atom stereocenters. The van der Waals surface area contributed by atoms with Crippen LogP contribution in [0, 0.1) is 0 Å². The van der Waals surface area contributed by atoms with E-state index in [9.17, 15) is 5.11 Å². The molecule has 0 aliphatic carbocycles. The molecule has 146 valence electrons. The molecule has 4 rings (SSSR count). The van der Waals surface area contributed by atoms with E-state index in [1.165, 1.54) is 7.11 Å². The standard InChI is InChI=1S/C21H19NO5.ClH/c1-24-17-6-5-12-9-16-14-10-18(25-2)21(27-4)20(26-3)13(14)7-8-22(16)11-15(12)19(17)23;/h5-11H,1-4H3;1H. The van der Waals surface area contributed by atoms with Crippen molar-refractivity contribution >= 4 is 27.1 Å². The first-order valence-corrected chi connectivity index (χ1v) is 8.39. The molecule has 0 amide bonds. The first-order valence-electron chi connectivity index (χ1n) is 8.39. The third-order valence-electron chi connectivity index (χ3n) is 4.82. The number of methoxy groups -OCH3 is 4. The lowest BCUT2D eigenvalue weighted by Gasteiger charge is -2.14. The maximum atomic E-state index is 10.5. The second kappa shape index (κ2) is 7.48. The fourth-order valence-electron chi connectivity index (χ4n) is 3.51. The summed E-state index contributed by atoms with van der Waals surface area (Å²) < 4.78 is 23.8. The Kier molecular flexibility index (Phi) is 5.25. The van der Waals surface area contributed by atoms with Gasteiger partial charge in [-0.3, -0.25) is 0 Å². The molecule has 0 radical (unpaired) electrons. The molecule has 0 aliphatic heterocycles. The second-order valence-corrected chi connectivity index (χ2v) is 6.11. The van der Waals surface area contributed by atoms with Crippen molar-refractivity contribution in [2.24, 2.45) is 0 Å². The smallest absolute Gasteiger partial charge is 0.219 e. The zero-order valence-electron chi connectivity index (χ0n) is 15.9. The number of rotatable bonds is 4. The van der Waals surface area contributed by atoms with Crippen LogP contribution >= 0.6 is 0 Å². The van der Waals surface area contributed by atoms with Gasteiger partial charge in [-0.05, 0) is 23.6 Å². The van der Waals surface area contributed by atoms with E-state index >= 15 is 0 Å². The molecule has 7 heteroatoms. The van der Waals surface area contributed by atoms with Crippen LogP contribution in [0.5, 0.6) is 28.7 Å². The maximum Gasteiger partial charge on any atom is 0.219 e. The highest BCUT2D eigenvalue weighted by Crippen LogP contribution is 2.44. The number of benzene rings is 2. The van der Waals surface area contributed by atoms with Crippen LogP contribution in [0.1, 0.15) is 0 Å². The molecule has 0 fully saturated rings. The summed E-state index contributed by atoms with van der Waals surface area (Å²) in [5, 5.41) is 13.9. The molecule has 0 saturated carbocycles. The fraction of sp³-hybridized carbons (Fsp3) is 0.190. The SMILES string of the molecule is COc1cc2c(cc[n+]3cc4c(O)c(OC)ccc4cc23)c(OC)c1OC.[Cl-]. The number of halogens is 1. The molecule has 0 spiro atoms. The maximum absolute atomic E-state index is 10.5. The van der Waals surface area contributed by atoms with Crippen molar-refractivity contribution in [1.29, 1.82) is 0 Å². The molecule has 2 heterocycles. The summed E-state index contributed by atoms with van der Waals surface area (Å²) in [6.07, 6.45) is 3.80. The number of fused-ring (bicyclic) bond motifs is 4. The van der Waals surface area contributed by atoms with Gasteiger partial charge in [0.1, 0.15) is 0 Å². The van der Waals surface area contributed by atoms with E-state index in [0.717, 1.165) is 21.7 Å². The number of hydrogen-bond donors (Lipinski definition) is 1. The number of nitrogens with zero attached hydrogens (tertiary/aromatic N) is 1. The van der Waals surface area contributed by atoms with Crippen LogP contribution in [0.3, 0.4) is 0 Å². The summed E-state index contributed by atoms with van der Waals surface area (Å²) in [5.41, 5.74) is 0.948. The predicted molar refractivity (Wildman–Crippen MR) is 102 cm³/mol. The predicted octanol–water partition coefficient (Wildman–Crippen LogP) is 0.476. The summed E-state index contributed by atoms with van der Waals surface area (Å²) >= 11 is 0. The van der Waals surface area contributed by atoms with E-state index < -0.39 is 0 Å². The average molecular weight is 402 g/mol. The molecular formula is C21H20ClNO5. The minimum Gasteiger partial charge on any atom is -1.00 e. The van der Waals surface area contributed by atoms with Gasteiger partial charge in [-0.15, -0.1) is 0 Å². The molecule has 0 bridgehead atoms. The van der Waals surface area contributed by atoms with Crippen LogP contribution in [0.15, 0.2) is 42.7 Å². The molecule has 0 aliphatic rings. The molecular weight excluding hydrogens is 382 g/mol. The van der Waals surface area contributed by atoms with Gasteiger partial charge in [0.05, 0.1) is 39.2 Å². The zero-order valence-corrected chi connectivity index (χ0v) is 16.7. The Morgan fingerprint density at radius 3 is 2.11 bits per heavy atom. The first-order chi connectivity index (χ1) is 13.1. The van der Waals surface area contributed by atoms with Gasteiger partial charge in [0, 0.05) is 17.5 Å². The molecule has 6 nitrogen and oxygen atoms in total. The van der Waals surface area contributed by atoms with Crippen molar-refractivity contribution in [3.8, 4) is 28.7 Å². The second-order valence-electron chi connectivity index (χ2n) is 6.11. The summed E-state index contributed by atoms with van der Waals surface area (Å²) in [5.74, 6) is 2.32. The quantitative estimate of drug-likeness (QED) is 0.306. The first kappa shape index (κ1) is 19.6. The normalized spacial score (nSPS) is 10.7.